The van der Waals surface area contributed by atoms with Crippen molar-refractivity contribution in [2.75, 3.05) is 0 Å². The molecule has 18 heavy (non-hydrogen) atoms. The van der Waals surface area contributed by atoms with Gasteiger partial charge in [0, 0.05) is 5.56 Å². The number of rotatable bonds is 1. The van der Waals surface area contributed by atoms with Gasteiger partial charge >= 0.3 is 0 Å². The normalized spacial score (nSPS) is 11.0. The van der Waals surface area contributed by atoms with E-state index in [9.17, 15) is 9.50 Å². The molecule has 0 atom stereocenters. The molecule has 0 aliphatic heterocycles. The van der Waals surface area contributed by atoms with Gasteiger partial charge in [-0.1, -0.05) is 6.07 Å². The lowest BCUT2D eigenvalue weighted by Gasteiger charge is -2.02. The van der Waals surface area contributed by atoms with Crippen LogP contribution in [0.1, 0.15) is 5.56 Å². The molecular formula is C14H11FN2O. The number of para-hydroxylation sites is 1. The van der Waals surface area contributed by atoms with Crippen LogP contribution in [0.15, 0.2) is 36.4 Å². The second-order valence-electron chi connectivity index (χ2n) is 4.22. The maximum absolute atomic E-state index is 13.6. The Kier molecular flexibility index (Phi) is 2.30. The fraction of sp³-hybridized carbons (Fsp3) is 0.0714. The lowest BCUT2D eigenvalue weighted by molar-refractivity contribution is 0.475. The Morgan fingerprint density at radius 3 is 2.78 bits per heavy atom. The van der Waals surface area contributed by atoms with Gasteiger partial charge in [-0.25, -0.2) is 9.37 Å². The van der Waals surface area contributed by atoms with Gasteiger partial charge in [0.05, 0.1) is 5.52 Å². The molecule has 90 valence electrons. The van der Waals surface area contributed by atoms with E-state index >= 15 is 0 Å². The van der Waals surface area contributed by atoms with Gasteiger partial charge in [0.1, 0.15) is 17.1 Å². The molecule has 0 saturated heterocycles. The van der Waals surface area contributed by atoms with Crippen molar-refractivity contribution in [2.24, 2.45) is 0 Å². The third-order valence-corrected chi connectivity index (χ3v) is 2.93. The van der Waals surface area contributed by atoms with Gasteiger partial charge in [-0.05, 0) is 42.8 Å². The molecule has 0 unspecified atom stereocenters. The highest BCUT2D eigenvalue weighted by Crippen LogP contribution is 2.26. The SMILES string of the molecule is Cc1cc(O)ccc1-c1nc2c(F)cccc2[nH]1. The van der Waals surface area contributed by atoms with Crippen LogP contribution in [-0.2, 0) is 0 Å². The van der Waals surface area contributed by atoms with Crippen LogP contribution >= 0.6 is 0 Å². The van der Waals surface area contributed by atoms with Gasteiger partial charge in [-0.3, -0.25) is 0 Å². The Balaban J connectivity index is 2.23. The second kappa shape index (κ2) is 3.84. The number of phenols is 1. The van der Waals surface area contributed by atoms with Crippen LogP contribution in [0.5, 0.6) is 5.75 Å². The Morgan fingerprint density at radius 1 is 1.22 bits per heavy atom. The molecule has 0 spiro atoms. The average molecular weight is 242 g/mol. The van der Waals surface area contributed by atoms with Crippen molar-refractivity contribution < 1.29 is 9.50 Å². The summed E-state index contributed by atoms with van der Waals surface area (Å²) in [7, 11) is 0. The zero-order chi connectivity index (χ0) is 12.7. The zero-order valence-electron chi connectivity index (χ0n) is 9.74. The topological polar surface area (TPSA) is 48.9 Å². The number of imidazole rings is 1. The molecule has 1 aromatic heterocycles. The lowest BCUT2D eigenvalue weighted by Crippen LogP contribution is -1.84. The Morgan fingerprint density at radius 2 is 2.06 bits per heavy atom. The number of halogens is 1. The van der Waals surface area contributed by atoms with Gasteiger partial charge in [-0.15, -0.1) is 0 Å². The molecular weight excluding hydrogens is 231 g/mol. The number of phenolic OH excluding ortho intramolecular Hbond substituents is 1. The number of aromatic nitrogens is 2. The summed E-state index contributed by atoms with van der Waals surface area (Å²) in [6.07, 6.45) is 0. The molecule has 2 aromatic carbocycles. The van der Waals surface area contributed by atoms with Crippen molar-refractivity contribution in [3.8, 4) is 17.1 Å². The summed E-state index contributed by atoms with van der Waals surface area (Å²) >= 11 is 0. The van der Waals surface area contributed by atoms with Gasteiger partial charge in [0.15, 0.2) is 5.82 Å². The smallest absolute Gasteiger partial charge is 0.151 e. The molecule has 4 heteroatoms. The molecule has 0 saturated carbocycles. The number of aromatic hydroxyl groups is 1. The van der Waals surface area contributed by atoms with Gasteiger partial charge in [-0.2, -0.15) is 0 Å². The minimum absolute atomic E-state index is 0.207. The van der Waals surface area contributed by atoms with Crippen molar-refractivity contribution in [1.29, 1.82) is 0 Å². The number of nitrogens with zero attached hydrogens (tertiary/aromatic N) is 1. The van der Waals surface area contributed by atoms with Crippen molar-refractivity contribution >= 4 is 11.0 Å². The van der Waals surface area contributed by atoms with Crippen molar-refractivity contribution in [1.82, 2.24) is 9.97 Å². The first-order chi connectivity index (χ1) is 8.65. The molecule has 0 aliphatic rings. The standard InChI is InChI=1S/C14H11FN2O/c1-8-7-9(18)5-6-10(8)14-16-12-4-2-3-11(15)13(12)17-14/h2-7,18H,1H3,(H,16,17). The Labute approximate surface area is 103 Å². The number of fused-ring (bicyclic) bond motifs is 1. The van der Waals surface area contributed by atoms with Gasteiger partial charge in [0.25, 0.3) is 0 Å². The third kappa shape index (κ3) is 1.62. The summed E-state index contributed by atoms with van der Waals surface area (Å²) in [5.74, 6) is 0.470. The monoisotopic (exact) mass is 242 g/mol. The van der Waals surface area contributed by atoms with E-state index in [4.69, 9.17) is 0 Å². The maximum atomic E-state index is 13.6. The minimum atomic E-state index is -0.341. The Bertz CT molecular complexity index is 734. The first-order valence-corrected chi connectivity index (χ1v) is 5.59. The predicted octanol–water partition coefficient (Wildman–Crippen LogP) is 3.38. The van der Waals surface area contributed by atoms with E-state index in [2.05, 4.69) is 9.97 Å². The van der Waals surface area contributed by atoms with Gasteiger partial charge < -0.3 is 10.1 Å². The van der Waals surface area contributed by atoms with Gasteiger partial charge in [0.2, 0.25) is 0 Å². The third-order valence-electron chi connectivity index (χ3n) is 2.93. The number of nitrogens with one attached hydrogen (secondary N) is 1. The summed E-state index contributed by atoms with van der Waals surface area (Å²) < 4.78 is 13.6. The number of aromatic amines is 1. The molecule has 0 bridgehead atoms. The van der Waals surface area contributed by atoms with E-state index in [0.717, 1.165) is 11.1 Å². The van der Waals surface area contributed by atoms with E-state index < -0.39 is 0 Å². The molecule has 0 aliphatic carbocycles. The highest BCUT2D eigenvalue weighted by Gasteiger charge is 2.10. The van der Waals surface area contributed by atoms with Crippen molar-refractivity contribution in [3.05, 3.63) is 47.8 Å². The van der Waals surface area contributed by atoms with Crippen molar-refractivity contribution in [3.63, 3.8) is 0 Å². The molecule has 3 nitrogen and oxygen atoms in total. The van der Waals surface area contributed by atoms with Crippen molar-refractivity contribution in [2.45, 2.75) is 6.92 Å². The number of benzene rings is 2. The van der Waals surface area contributed by atoms with E-state index in [1.54, 1.807) is 30.3 Å². The highest BCUT2D eigenvalue weighted by molar-refractivity contribution is 5.80. The molecule has 0 fully saturated rings. The van der Waals surface area contributed by atoms with Crippen LogP contribution < -0.4 is 0 Å². The quantitative estimate of drug-likeness (QED) is 0.687. The second-order valence-corrected chi connectivity index (χ2v) is 4.22. The highest BCUT2D eigenvalue weighted by atomic mass is 19.1. The zero-order valence-corrected chi connectivity index (χ0v) is 9.74. The first kappa shape index (κ1) is 10.8. The van der Waals surface area contributed by atoms with Crippen LogP contribution in [0.4, 0.5) is 4.39 Å². The van der Waals surface area contributed by atoms with E-state index in [1.165, 1.54) is 6.07 Å². The summed E-state index contributed by atoms with van der Waals surface area (Å²) in [5, 5.41) is 9.38. The van der Waals surface area contributed by atoms with Crippen LogP contribution in [0.2, 0.25) is 0 Å². The molecule has 0 amide bonds. The van der Waals surface area contributed by atoms with E-state index in [1.807, 2.05) is 6.92 Å². The van der Waals surface area contributed by atoms with Crippen LogP contribution in [-0.4, -0.2) is 15.1 Å². The fourth-order valence-corrected chi connectivity index (χ4v) is 2.04. The predicted molar refractivity (Wildman–Crippen MR) is 67.9 cm³/mol. The number of H-pyrrole nitrogens is 1. The fourth-order valence-electron chi connectivity index (χ4n) is 2.04. The van der Waals surface area contributed by atoms with Crippen LogP contribution in [0.25, 0.3) is 22.4 Å². The maximum Gasteiger partial charge on any atom is 0.151 e. The largest absolute Gasteiger partial charge is 0.508 e. The number of hydrogen-bond acceptors (Lipinski definition) is 2. The Hall–Kier alpha value is -2.36. The molecule has 3 aromatic rings. The minimum Gasteiger partial charge on any atom is -0.508 e. The first-order valence-electron chi connectivity index (χ1n) is 5.59. The molecule has 3 rings (SSSR count). The summed E-state index contributed by atoms with van der Waals surface area (Å²) in [4.78, 5) is 7.34. The number of aryl methyl sites for hydroxylation is 1. The summed E-state index contributed by atoms with van der Waals surface area (Å²) in [6.45, 7) is 1.87. The lowest BCUT2D eigenvalue weighted by atomic mass is 10.1. The molecule has 1 heterocycles. The summed E-state index contributed by atoms with van der Waals surface area (Å²) in [6, 6.07) is 9.82. The number of hydrogen-bond donors (Lipinski definition) is 2. The van der Waals surface area contributed by atoms with Crippen LogP contribution in [0.3, 0.4) is 0 Å². The van der Waals surface area contributed by atoms with E-state index in [0.29, 0.717) is 16.9 Å². The summed E-state index contributed by atoms with van der Waals surface area (Å²) in [5.41, 5.74) is 2.73. The average Bonchev–Trinajstić information content (AvgIpc) is 2.74. The van der Waals surface area contributed by atoms with Crippen LogP contribution in [0, 0.1) is 12.7 Å². The van der Waals surface area contributed by atoms with E-state index in [-0.39, 0.29) is 11.6 Å². The molecule has 2 N–H and O–H groups in total. The molecule has 0 radical (unpaired) electrons.